The molecule has 1 aromatic rings. The van der Waals surface area contributed by atoms with E-state index in [-0.39, 0.29) is 24.5 Å². The minimum atomic E-state index is -0.144. The Morgan fingerprint density at radius 2 is 2.09 bits per heavy atom. The minimum absolute atomic E-state index is 0.0354. The third-order valence-electron chi connectivity index (χ3n) is 3.76. The summed E-state index contributed by atoms with van der Waals surface area (Å²) in [6.45, 7) is 2.03. The monoisotopic (exact) mass is 306 g/mol. The van der Waals surface area contributed by atoms with Crippen LogP contribution in [0.25, 0.3) is 0 Å². The highest BCUT2D eigenvalue weighted by atomic mass is 16.7. The van der Waals surface area contributed by atoms with Gasteiger partial charge in [-0.1, -0.05) is 0 Å². The first-order valence-corrected chi connectivity index (χ1v) is 7.14. The van der Waals surface area contributed by atoms with Gasteiger partial charge < -0.3 is 24.4 Å². The number of carbonyl (C=O) groups excluding carboxylic acids is 2. The lowest BCUT2D eigenvalue weighted by molar-refractivity contribution is -0.129. The molecule has 118 valence electrons. The fourth-order valence-corrected chi connectivity index (χ4v) is 2.44. The number of likely N-dealkylation sites (tertiary alicyclic amines) is 1. The summed E-state index contributed by atoms with van der Waals surface area (Å²) >= 11 is 0. The highest BCUT2D eigenvalue weighted by Gasteiger charge is 2.36. The summed E-state index contributed by atoms with van der Waals surface area (Å²) in [4.78, 5) is 25.8. The predicted octanol–water partition coefficient (Wildman–Crippen LogP) is 0.250. The molecule has 0 aliphatic carbocycles. The van der Waals surface area contributed by atoms with Crippen molar-refractivity contribution in [2.24, 2.45) is 5.92 Å². The molecule has 0 bridgehead atoms. The smallest absolute Gasteiger partial charge is 0.254 e. The van der Waals surface area contributed by atoms with Crippen molar-refractivity contribution in [2.75, 3.05) is 40.1 Å². The van der Waals surface area contributed by atoms with Crippen molar-refractivity contribution in [3.8, 4) is 11.5 Å². The fraction of sp³-hybridized carbons (Fsp3) is 0.467. The van der Waals surface area contributed by atoms with E-state index in [1.54, 1.807) is 30.2 Å². The third kappa shape index (κ3) is 2.85. The van der Waals surface area contributed by atoms with Crippen molar-refractivity contribution < 1.29 is 23.8 Å². The standard InChI is InChI=1S/C15H18N2O5/c1-20-5-4-16-14(18)11-7-17(8-11)15(19)10-2-3-12-13(6-10)22-9-21-12/h2-3,6,11H,4-5,7-9H2,1H3,(H,16,18). The summed E-state index contributed by atoms with van der Waals surface area (Å²) in [5.74, 6) is 0.955. The second-order valence-electron chi connectivity index (χ2n) is 5.26. The molecule has 1 aromatic carbocycles. The Hall–Kier alpha value is -2.28. The van der Waals surface area contributed by atoms with Gasteiger partial charge in [0.05, 0.1) is 12.5 Å². The van der Waals surface area contributed by atoms with Crippen LogP contribution in [0.5, 0.6) is 11.5 Å². The van der Waals surface area contributed by atoms with Crippen molar-refractivity contribution >= 4 is 11.8 Å². The first kappa shape index (κ1) is 14.6. The van der Waals surface area contributed by atoms with Gasteiger partial charge >= 0.3 is 0 Å². The van der Waals surface area contributed by atoms with Gasteiger partial charge in [0.15, 0.2) is 11.5 Å². The molecule has 0 aromatic heterocycles. The Balaban J connectivity index is 1.52. The number of nitrogens with one attached hydrogen (secondary N) is 1. The summed E-state index contributed by atoms with van der Waals surface area (Å²) in [6, 6.07) is 5.11. The largest absolute Gasteiger partial charge is 0.454 e. The number of hydrogen-bond acceptors (Lipinski definition) is 5. The molecular formula is C15H18N2O5. The normalized spacial score (nSPS) is 16.3. The number of hydrogen-bond donors (Lipinski definition) is 1. The average Bonchev–Trinajstić information content (AvgIpc) is 2.93. The molecule has 1 N–H and O–H groups in total. The topological polar surface area (TPSA) is 77.1 Å². The van der Waals surface area contributed by atoms with Crippen LogP contribution in [0.2, 0.25) is 0 Å². The Labute approximate surface area is 128 Å². The molecule has 7 heteroatoms. The zero-order chi connectivity index (χ0) is 15.5. The summed E-state index contributed by atoms with van der Waals surface area (Å²) in [5.41, 5.74) is 0.544. The van der Waals surface area contributed by atoms with E-state index in [0.717, 1.165) is 0 Å². The highest BCUT2D eigenvalue weighted by molar-refractivity contribution is 5.96. The first-order chi connectivity index (χ1) is 10.7. The molecule has 2 aliphatic rings. The molecule has 0 radical (unpaired) electrons. The number of carbonyl (C=O) groups is 2. The van der Waals surface area contributed by atoms with Gasteiger partial charge in [-0.15, -0.1) is 0 Å². The molecule has 22 heavy (non-hydrogen) atoms. The van der Waals surface area contributed by atoms with Gasteiger partial charge in [-0.05, 0) is 18.2 Å². The van der Waals surface area contributed by atoms with Gasteiger partial charge in [-0.25, -0.2) is 0 Å². The molecule has 0 spiro atoms. The summed E-state index contributed by atoms with van der Waals surface area (Å²) in [7, 11) is 1.58. The van der Waals surface area contributed by atoms with Crippen LogP contribution in [0.4, 0.5) is 0 Å². The number of nitrogens with zero attached hydrogens (tertiary/aromatic N) is 1. The van der Waals surface area contributed by atoms with Crippen LogP contribution in [-0.2, 0) is 9.53 Å². The van der Waals surface area contributed by atoms with Crippen LogP contribution in [0.3, 0.4) is 0 Å². The van der Waals surface area contributed by atoms with Gasteiger partial charge in [0.1, 0.15) is 0 Å². The minimum Gasteiger partial charge on any atom is -0.454 e. The molecule has 0 atom stereocenters. The maximum Gasteiger partial charge on any atom is 0.254 e. The van der Waals surface area contributed by atoms with Gasteiger partial charge in [-0.2, -0.15) is 0 Å². The maximum absolute atomic E-state index is 12.3. The molecule has 1 fully saturated rings. The highest BCUT2D eigenvalue weighted by Crippen LogP contribution is 2.33. The maximum atomic E-state index is 12.3. The summed E-state index contributed by atoms with van der Waals surface area (Å²) in [5, 5.41) is 2.78. The van der Waals surface area contributed by atoms with Crippen LogP contribution in [-0.4, -0.2) is 56.9 Å². The zero-order valence-electron chi connectivity index (χ0n) is 12.3. The van der Waals surface area contributed by atoms with E-state index >= 15 is 0 Å². The number of rotatable bonds is 5. The van der Waals surface area contributed by atoms with E-state index in [2.05, 4.69) is 5.32 Å². The third-order valence-corrected chi connectivity index (χ3v) is 3.76. The molecule has 3 rings (SSSR count). The van der Waals surface area contributed by atoms with E-state index in [1.165, 1.54) is 0 Å². The SMILES string of the molecule is COCCNC(=O)C1CN(C(=O)c2ccc3c(c2)OCO3)C1. The molecule has 0 saturated carbocycles. The van der Waals surface area contributed by atoms with Crippen molar-refractivity contribution in [2.45, 2.75) is 0 Å². The van der Waals surface area contributed by atoms with Crippen LogP contribution in [0.1, 0.15) is 10.4 Å². The fourth-order valence-electron chi connectivity index (χ4n) is 2.44. The van der Waals surface area contributed by atoms with Crippen molar-refractivity contribution in [3.63, 3.8) is 0 Å². The van der Waals surface area contributed by atoms with Crippen molar-refractivity contribution in [3.05, 3.63) is 23.8 Å². The Kier molecular flexibility index (Phi) is 4.15. The van der Waals surface area contributed by atoms with Gasteiger partial charge in [0.2, 0.25) is 12.7 Å². The van der Waals surface area contributed by atoms with Crippen LogP contribution >= 0.6 is 0 Å². The molecule has 0 unspecified atom stereocenters. The molecule has 7 nitrogen and oxygen atoms in total. The van der Waals surface area contributed by atoms with Gasteiger partial charge in [0.25, 0.3) is 5.91 Å². The number of amides is 2. The van der Waals surface area contributed by atoms with E-state index in [1.807, 2.05) is 0 Å². The Morgan fingerprint density at radius 3 is 2.86 bits per heavy atom. The zero-order valence-corrected chi connectivity index (χ0v) is 12.3. The molecule has 1 saturated heterocycles. The van der Waals surface area contributed by atoms with Crippen LogP contribution in [0.15, 0.2) is 18.2 Å². The van der Waals surface area contributed by atoms with Crippen LogP contribution < -0.4 is 14.8 Å². The van der Waals surface area contributed by atoms with E-state index in [4.69, 9.17) is 14.2 Å². The molecule has 2 aliphatic heterocycles. The number of methoxy groups -OCH3 is 1. The number of ether oxygens (including phenoxy) is 3. The summed E-state index contributed by atoms with van der Waals surface area (Å²) in [6.07, 6.45) is 0. The van der Waals surface area contributed by atoms with Crippen molar-refractivity contribution in [1.29, 1.82) is 0 Å². The predicted molar refractivity (Wildman–Crippen MR) is 76.8 cm³/mol. The lowest BCUT2D eigenvalue weighted by Crippen LogP contribution is -2.56. The first-order valence-electron chi connectivity index (χ1n) is 7.14. The summed E-state index contributed by atoms with van der Waals surface area (Å²) < 4.78 is 15.4. The Bertz CT molecular complexity index is 583. The quantitative estimate of drug-likeness (QED) is 0.789. The van der Waals surface area contributed by atoms with E-state index in [0.29, 0.717) is 43.3 Å². The average molecular weight is 306 g/mol. The second kappa shape index (κ2) is 6.23. The lowest BCUT2D eigenvalue weighted by Gasteiger charge is -2.38. The Morgan fingerprint density at radius 1 is 1.32 bits per heavy atom. The van der Waals surface area contributed by atoms with Crippen molar-refractivity contribution in [1.82, 2.24) is 10.2 Å². The van der Waals surface area contributed by atoms with Crippen LogP contribution in [0, 0.1) is 5.92 Å². The molecule has 2 heterocycles. The van der Waals surface area contributed by atoms with E-state index in [9.17, 15) is 9.59 Å². The molecule has 2 amide bonds. The second-order valence-corrected chi connectivity index (χ2v) is 5.26. The van der Waals surface area contributed by atoms with Gasteiger partial charge in [-0.3, -0.25) is 9.59 Å². The van der Waals surface area contributed by atoms with E-state index < -0.39 is 0 Å². The molecular weight excluding hydrogens is 288 g/mol. The number of benzene rings is 1. The number of fused-ring (bicyclic) bond motifs is 1. The lowest BCUT2D eigenvalue weighted by atomic mass is 9.97. The van der Waals surface area contributed by atoms with Gasteiger partial charge in [0, 0.05) is 32.3 Å².